The first-order valence-electron chi connectivity index (χ1n) is 14.6. The molecule has 0 saturated carbocycles. The largest absolute Gasteiger partial charge is 0.465 e. The number of benzene rings is 2. The van der Waals surface area contributed by atoms with Crippen molar-refractivity contribution in [3.63, 3.8) is 0 Å². The topological polar surface area (TPSA) is 118 Å². The Kier molecular flexibility index (Phi) is 8.11. The van der Waals surface area contributed by atoms with E-state index in [4.69, 9.17) is 4.74 Å². The van der Waals surface area contributed by atoms with Crippen molar-refractivity contribution < 1.29 is 24.2 Å². The average Bonchev–Trinajstić information content (AvgIpc) is 3.78. The van der Waals surface area contributed by atoms with Gasteiger partial charge in [-0.05, 0) is 37.0 Å². The minimum atomic E-state index is -0.918. The zero-order chi connectivity index (χ0) is 30.1. The molecular formula is C32H35N5O5S. The molecule has 1 aromatic heterocycles. The van der Waals surface area contributed by atoms with Crippen LogP contribution in [-0.4, -0.2) is 83.5 Å². The Morgan fingerprint density at radius 2 is 1.93 bits per heavy atom. The molecule has 2 bridgehead atoms. The average molecular weight is 602 g/mol. The number of fused-ring (bicyclic) bond motifs is 2. The summed E-state index contributed by atoms with van der Waals surface area (Å²) in [5.74, 6) is -2.40. The Hall–Kier alpha value is -3.96. The highest BCUT2D eigenvalue weighted by molar-refractivity contribution is 8.02. The monoisotopic (exact) mass is 601 g/mol. The number of amides is 2. The molecular weight excluding hydrogens is 566 g/mol. The molecule has 2 unspecified atom stereocenters. The summed E-state index contributed by atoms with van der Waals surface area (Å²) < 4.78 is 6.42. The van der Waals surface area contributed by atoms with E-state index in [1.165, 1.54) is 0 Å². The normalized spacial score (nSPS) is 26.3. The predicted molar refractivity (Wildman–Crippen MR) is 162 cm³/mol. The molecule has 3 aliphatic heterocycles. The molecule has 3 saturated heterocycles. The molecule has 0 aliphatic carbocycles. The van der Waals surface area contributed by atoms with Crippen molar-refractivity contribution >= 4 is 40.6 Å². The Morgan fingerprint density at radius 3 is 2.67 bits per heavy atom. The van der Waals surface area contributed by atoms with Crippen molar-refractivity contribution in [2.24, 2.45) is 11.8 Å². The van der Waals surface area contributed by atoms with Gasteiger partial charge in [0, 0.05) is 11.8 Å². The van der Waals surface area contributed by atoms with Crippen LogP contribution in [-0.2, 0) is 25.8 Å². The van der Waals surface area contributed by atoms with Crippen molar-refractivity contribution in [3.05, 3.63) is 85.5 Å². The van der Waals surface area contributed by atoms with Crippen molar-refractivity contribution in [2.75, 3.05) is 19.8 Å². The van der Waals surface area contributed by atoms with Crippen LogP contribution in [0.1, 0.15) is 30.9 Å². The third-order valence-electron chi connectivity index (χ3n) is 8.89. The summed E-state index contributed by atoms with van der Waals surface area (Å²) in [4.78, 5) is 46.0. The van der Waals surface area contributed by atoms with Gasteiger partial charge in [0.25, 0.3) is 0 Å². The molecule has 3 fully saturated rings. The van der Waals surface area contributed by atoms with Gasteiger partial charge in [0.05, 0.1) is 41.4 Å². The molecule has 1 N–H and O–H groups in total. The molecule has 6 rings (SSSR count). The van der Waals surface area contributed by atoms with Crippen LogP contribution in [0.5, 0.6) is 0 Å². The number of nitrogens with zero attached hydrogens (tertiary/aromatic N) is 5. The number of carbonyl (C=O) groups is 3. The van der Waals surface area contributed by atoms with Crippen LogP contribution >= 0.6 is 11.8 Å². The summed E-state index contributed by atoms with van der Waals surface area (Å²) in [5.41, 5.74) is 2.20. The van der Waals surface area contributed by atoms with Gasteiger partial charge in [-0.25, -0.2) is 4.68 Å². The molecule has 10 nitrogen and oxygen atoms in total. The Balaban J connectivity index is 1.41. The summed E-state index contributed by atoms with van der Waals surface area (Å²) in [6.45, 7) is 7.70. The highest BCUT2D eigenvalue weighted by Gasteiger charge is 2.75. The number of aliphatic hydroxyl groups excluding tert-OH is 1. The van der Waals surface area contributed by atoms with Gasteiger partial charge >= 0.3 is 5.97 Å². The molecule has 2 amide bonds. The smallest absolute Gasteiger partial charge is 0.310 e. The highest BCUT2D eigenvalue weighted by atomic mass is 32.2. The Morgan fingerprint density at radius 1 is 1.16 bits per heavy atom. The van der Waals surface area contributed by atoms with E-state index in [2.05, 4.69) is 23.5 Å². The van der Waals surface area contributed by atoms with Gasteiger partial charge in [-0.2, -0.15) is 0 Å². The minimum Gasteiger partial charge on any atom is -0.465 e. The van der Waals surface area contributed by atoms with E-state index in [0.717, 1.165) is 11.1 Å². The number of para-hydroxylation sites is 1. The van der Waals surface area contributed by atoms with E-state index in [1.54, 1.807) is 38.4 Å². The van der Waals surface area contributed by atoms with Gasteiger partial charge in [0.15, 0.2) is 0 Å². The lowest BCUT2D eigenvalue weighted by Crippen LogP contribution is -2.55. The zero-order valence-electron chi connectivity index (χ0n) is 23.8. The van der Waals surface area contributed by atoms with Crippen molar-refractivity contribution in [1.29, 1.82) is 0 Å². The SMILES string of the molecule is C=CCCOC(=O)[C@@H]1[C@@H]2CCC3(S2)C(C(=O)N(CC=C)Cn2nnc4ccccc42)N([C@H](CO)c2ccccc2)C(=O)[C@H]13. The number of rotatable bonds is 12. The second-order valence-electron chi connectivity index (χ2n) is 11.2. The first-order chi connectivity index (χ1) is 20.9. The molecule has 3 aromatic rings. The van der Waals surface area contributed by atoms with Gasteiger partial charge < -0.3 is 19.6 Å². The highest BCUT2D eigenvalue weighted by Crippen LogP contribution is 2.67. The molecule has 2 aromatic carbocycles. The van der Waals surface area contributed by atoms with Crippen molar-refractivity contribution in [2.45, 2.75) is 48.0 Å². The fourth-order valence-electron chi connectivity index (χ4n) is 7.07. The lowest BCUT2D eigenvalue weighted by atomic mass is 9.71. The molecule has 6 atom stereocenters. The number of hydrogen-bond acceptors (Lipinski definition) is 8. The number of hydrogen-bond donors (Lipinski definition) is 1. The van der Waals surface area contributed by atoms with Crippen molar-refractivity contribution in [1.82, 2.24) is 24.8 Å². The van der Waals surface area contributed by atoms with Crippen LogP contribution < -0.4 is 0 Å². The summed E-state index contributed by atoms with van der Waals surface area (Å²) in [5, 5.41) is 19.1. The zero-order valence-corrected chi connectivity index (χ0v) is 24.6. The third kappa shape index (κ3) is 4.84. The van der Waals surface area contributed by atoms with E-state index in [9.17, 15) is 19.5 Å². The molecule has 1 spiro atoms. The lowest BCUT2D eigenvalue weighted by molar-refractivity contribution is -0.154. The Bertz CT molecular complexity index is 1550. The van der Waals surface area contributed by atoms with E-state index in [1.807, 2.05) is 54.6 Å². The second kappa shape index (κ2) is 12.0. The van der Waals surface area contributed by atoms with E-state index >= 15 is 0 Å². The molecule has 43 heavy (non-hydrogen) atoms. The van der Waals surface area contributed by atoms with Crippen LogP contribution in [0.3, 0.4) is 0 Å². The summed E-state index contributed by atoms with van der Waals surface area (Å²) in [7, 11) is 0. The molecule has 0 radical (unpaired) electrons. The molecule has 4 heterocycles. The number of carbonyl (C=O) groups excluding carboxylic acids is 3. The standard InChI is InChI=1S/C32H35N5O5S/c1-3-5-18-42-31(41)26-25-15-16-32(43-25)27(26)29(39)37(24(19-38)21-11-7-6-8-12-21)28(32)30(40)35(17-4-2)20-36-23-14-10-9-13-22(23)33-34-36/h3-4,6-14,24-28,38H,1-2,5,15-20H2/t24-,25+,26-,27+,28?,32?/m1/s1. The van der Waals surface area contributed by atoms with E-state index in [-0.39, 0.29) is 43.5 Å². The first-order valence-corrected chi connectivity index (χ1v) is 15.4. The van der Waals surface area contributed by atoms with Crippen LogP contribution in [0.2, 0.25) is 0 Å². The number of aliphatic hydroxyl groups is 1. The lowest BCUT2D eigenvalue weighted by Gasteiger charge is -2.39. The fourth-order valence-corrected chi connectivity index (χ4v) is 9.26. The van der Waals surface area contributed by atoms with Gasteiger partial charge in [0.2, 0.25) is 11.8 Å². The summed E-state index contributed by atoms with van der Waals surface area (Å²) in [6, 6.07) is 15.1. The number of aromatic nitrogens is 3. The van der Waals surface area contributed by atoms with Gasteiger partial charge in [-0.1, -0.05) is 59.8 Å². The maximum Gasteiger partial charge on any atom is 0.310 e. The van der Waals surface area contributed by atoms with Gasteiger partial charge in [0.1, 0.15) is 18.2 Å². The number of likely N-dealkylation sites (tertiary alicyclic amines) is 1. The molecule has 11 heteroatoms. The maximum atomic E-state index is 14.8. The number of ether oxygens (including phenoxy) is 1. The third-order valence-corrected chi connectivity index (χ3v) is 10.8. The predicted octanol–water partition coefficient (Wildman–Crippen LogP) is 3.35. The number of thioether (sulfide) groups is 1. The van der Waals surface area contributed by atoms with Gasteiger partial charge in [-0.15, -0.1) is 30.0 Å². The molecule has 3 aliphatic rings. The van der Waals surface area contributed by atoms with E-state index < -0.39 is 34.6 Å². The molecule has 224 valence electrons. The maximum absolute atomic E-state index is 14.8. The van der Waals surface area contributed by atoms with Crippen LogP contribution in [0.25, 0.3) is 11.0 Å². The van der Waals surface area contributed by atoms with Crippen LogP contribution in [0.4, 0.5) is 0 Å². The summed E-state index contributed by atoms with van der Waals surface area (Å²) in [6.07, 6.45) is 5.13. The first kappa shape index (κ1) is 29.1. The minimum absolute atomic E-state index is 0.0981. The van der Waals surface area contributed by atoms with Crippen LogP contribution in [0.15, 0.2) is 79.9 Å². The van der Waals surface area contributed by atoms with E-state index in [0.29, 0.717) is 24.8 Å². The summed E-state index contributed by atoms with van der Waals surface area (Å²) >= 11 is 1.56. The van der Waals surface area contributed by atoms with Crippen LogP contribution in [0, 0.1) is 11.8 Å². The number of esters is 1. The quantitative estimate of drug-likeness (QED) is 0.191. The second-order valence-corrected chi connectivity index (χ2v) is 12.8. The van der Waals surface area contributed by atoms with Gasteiger partial charge in [-0.3, -0.25) is 14.4 Å². The van der Waals surface area contributed by atoms with Crippen molar-refractivity contribution in [3.8, 4) is 0 Å². The Labute approximate surface area is 254 Å². The fraction of sp³-hybridized carbons (Fsp3) is 0.406.